The molecule has 98 valence electrons. The van der Waals surface area contributed by atoms with Gasteiger partial charge in [0.1, 0.15) is 0 Å². The normalized spacial score (nSPS) is 13.6. The molecule has 0 aromatic heterocycles. The summed E-state index contributed by atoms with van der Waals surface area (Å²) in [7, 11) is 1.17. The Labute approximate surface area is 102 Å². The predicted molar refractivity (Wildman–Crippen MR) is 59.1 cm³/mol. The molecule has 1 atom stereocenters. The van der Waals surface area contributed by atoms with E-state index in [4.69, 9.17) is 0 Å². The molecule has 1 aromatic carbocycles. The lowest BCUT2D eigenvalue weighted by Gasteiger charge is -2.27. The van der Waals surface area contributed by atoms with Gasteiger partial charge in [-0.1, -0.05) is 22.7 Å². The number of alkyl halides is 2. The predicted octanol–water partition coefficient (Wildman–Crippen LogP) is 2.26. The number of hydrogen-bond donors (Lipinski definition) is 0. The molecule has 0 fully saturated rings. The van der Waals surface area contributed by atoms with E-state index in [1.807, 2.05) is 0 Å². The van der Waals surface area contributed by atoms with Crippen LogP contribution in [0.5, 0.6) is 0 Å². The highest BCUT2D eigenvalue weighted by atomic mass is 19.2. The number of benzene rings is 1. The van der Waals surface area contributed by atoms with Crippen molar-refractivity contribution in [3.05, 3.63) is 30.3 Å². The number of hydrogen-bond acceptors (Lipinski definition) is 2. The van der Waals surface area contributed by atoms with E-state index in [2.05, 4.69) is 0 Å². The Bertz CT molecular complexity index is 430. The molecule has 0 spiro atoms. The number of urea groups is 1. The third-order valence-electron chi connectivity index (χ3n) is 2.29. The van der Waals surface area contributed by atoms with Crippen LogP contribution in [-0.2, 0) is 4.79 Å². The Hall–Kier alpha value is -2.05. The van der Waals surface area contributed by atoms with E-state index in [9.17, 15) is 22.9 Å². The van der Waals surface area contributed by atoms with Gasteiger partial charge in [-0.25, -0.2) is 13.6 Å². The third-order valence-corrected chi connectivity index (χ3v) is 2.29. The van der Waals surface area contributed by atoms with Gasteiger partial charge in [0.25, 0.3) is 5.79 Å². The smallest absolute Gasteiger partial charge is 0.297 e. The maximum Gasteiger partial charge on any atom is 0.355 e. The van der Waals surface area contributed by atoms with E-state index >= 15 is 0 Å². The SMILES string of the molecule is CN(C(=O)N(F)[C@](F)(C=O)CF)c1ccccc1. The number of amides is 2. The third kappa shape index (κ3) is 2.61. The zero-order chi connectivity index (χ0) is 13.8. The number of carbonyl (C=O) groups excluding carboxylic acids is 2. The molecule has 4 nitrogen and oxygen atoms in total. The minimum absolute atomic E-state index is 0.275. The fourth-order valence-corrected chi connectivity index (χ4v) is 1.18. The topological polar surface area (TPSA) is 40.6 Å². The van der Waals surface area contributed by atoms with Crippen LogP contribution in [-0.4, -0.2) is 37.0 Å². The molecule has 0 radical (unpaired) electrons. The Morgan fingerprint density at radius 3 is 2.39 bits per heavy atom. The number of aldehydes is 1. The summed E-state index contributed by atoms with van der Waals surface area (Å²) in [5.74, 6) is -3.60. The summed E-state index contributed by atoms with van der Waals surface area (Å²) in [6, 6.07) is 6.30. The van der Waals surface area contributed by atoms with Gasteiger partial charge in [0.05, 0.1) is 0 Å². The van der Waals surface area contributed by atoms with Gasteiger partial charge < -0.3 is 0 Å². The summed E-state index contributed by atoms with van der Waals surface area (Å²) in [5.41, 5.74) is 0.275. The summed E-state index contributed by atoms with van der Waals surface area (Å²) >= 11 is 0. The second kappa shape index (κ2) is 5.52. The number of nitrogens with zero attached hydrogens (tertiary/aromatic N) is 2. The van der Waals surface area contributed by atoms with Crippen LogP contribution in [0.3, 0.4) is 0 Å². The van der Waals surface area contributed by atoms with E-state index in [-0.39, 0.29) is 5.69 Å². The van der Waals surface area contributed by atoms with E-state index < -0.39 is 29.9 Å². The van der Waals surface area contributed by atoms with Crippen molar-refractivity contribution in [2.75, 3.05) is 18.6 Å². The van der Waals surface area contributed by atoms with Crippen molar-refractivity contribution in [3.63, 3.8) is 0 Å². The van der Waals surface area contributed by atoms with E-state index in [0.717, 1.165) is 4.90 Å². The van der Waals surface area contributed by atoms with Crippen LogP contribution in [0.4, 0.5) is 23.7 Å². The highest BCUT2D eigenvalue weighted by Gasteiger charge is 2.43. The van der Waals surface area contributed by atoms with Crippen LogP contribution < -0.4 is 4.90 Å². The number of para-hydroxylation sites is 1. The van der Waals surface area contributed by atoms with Crippen molar-refractivity contribution in [1.82, 2.24) is 5.12 Å². The van der Waals surface area contributed by atoms with Crippen molar-refractivity contribution >= 4 is 18.0 Å². The maximum atomic E-state index is 13.4. The van der Waals surface area contributed by atoms with Crippen molar-refractivity contribution in [2.45, 2.75) is 5.79 Å². The zero-order valence-electron chi connectivity index (χ0n) is 9.52. The first-order valence-electron chi connectivity index (χ1n) is 4.96. The largest absolute Gasteiger partial charge is 0.355 e. The first kappa shape index (κ1) is 14.0. The van der Waals surface area contributed by atoms with Crippen LogP contribution in [0, 0.1) is 0 Å². The van der Waals surface area contributed by atoms with Gasteiger partial charge in [-0.3, -0.25) is 9.69 Å². The molecular weight excluding hydrogens is 249 g/mol. The Morgan fingerprint density at radius 2 is 1.94 bits per heavy atom. The molecule has 2 amide bonds. The Morgan fingerprint density at radius 1 is 1.39 bits per heavy atom. The molecular formula is C11H11F3N2O2. The van der Waals surface area contributed by atoms with Crippen molar-refractivity contribution in [1.29, 1.82) is 0 Å². The molecule has 1 rings (SSSR count). The van der Waals surface area contributed by atoms with Gasteiger partial charge in [0, 0.05) is 12.7 Å². The second-order valence-electron chi connectivity index (χ2n) is 3.53. The van der Waals surface area contributed by atoms with E-state index in [1.54, 1.807) is 18.2 Å². The number of rotatable bonds is 4. The molecule has 0 saturated heterocycles. The first-order valence-corrected chi connectivity index (χ1v) is 4.96. The summed E-state index contributed by atoms with van der Waals surface area (Å²) in [6.45, 7) is -1.96. The summed E-state index contributed by atoms with van der Waals surface area (Å²) in [5, 5.41) is -1.06. The van der Waals surface area contributed by atoms with Gasteiger partial charge in [0.2, 0.25) is 0 Å². The van der Waals surface area contributed by atoms with Crippen LogP contribution in [0.2, 0.25) is 0 Å². The fraction of sp³-hybridized carbons (Fsp3) is 0.273. The second-order valence-corrected chi connectivity index (χ2v) is 3.53. The molecule has 0 bridgehead atoms. The lowest BCUT2D eigenvalue weighted by molar-refractivity contribution is -0.151. The quantitative estimate of drug-likeness (QED) is 0.473. The van der Waals surface area contributed by atoms with Gasteiger partial charge >= 0.3 is 6.03 Å². The molecule has 0 unspecified atom stereocenters. The highest BCUT2D eigenvalue weighted by molar-refractivity contribution is 5.92. The number of halogens is 3. The highest BCUT2D eigenvalue weighted by Crippen LogP contribution is 2.21. The zero-order valence-corrected chi connectivity index (χ0v) is 9.52. The molecule has 1 aromatic rings. The van der Waals surface area contributed by atoms with Crippen LogP contribution in [0.25, 0.3) is 0 Å². The summed E-state index contributed by atoms with van der Waals surface area (Å²) < 4.78 is 39.0. The van der Waals surface area contributed by atoms with Gasteiger partial charge in [-0.15, -0.1) is 5.12 Å². The van der Waals surface area contributed by atoms with Crippen molar-refractivity contribution in [2.24, 2.45) is 0 Å². The molecule has 0 aliphatic rings. The minimum Gasteiger partial charge on any atom is -0.297 e. The van der Waals surface area contributed by atoms with Gasteiger partial charge in [0.15, 0.2) is 13.0 Å². The van der Waals surface area contributed by atoms with E-state index in [1.165, 1.54) is 19.2 Å². The Kier molecular flexibility index (Phi) is 4.30. The average molecular weight is 260 g/mol. The molecule has 0 aliphatic heterocycles. The molecule has 0 aliphatic carbocycles. The van der Waals surface area contributed by atoms with Gasteiger partial charge in [-0.2, -0.15) is 0 Å². The lowest BCUT2D eigenvalue weighted by atomic mass is 10.3. The summed E-state index contributed by atoms with van der Waals surface area (Å²) in [4.78, 5) is 22.6. The number of carbonyl (C=O) groups is 2. The van der Waals surface area contributed by atoms with E-state index in [0.29, 0.717) is 0 Å². The monoisotopic (exact) mass is 260 g/mol. The molecule has 18 heavy (non-hydrogen) atoms. The first-order chi connectivity index (χ1) is 8.46. The maximum absolute atomic E-state index is 13.4. The summed E-state index contributed by atoms with van der Waals surface area (Å²) in [6.07, 6.45) is -0.594. The van der Waals surface area contributed by atoms with Crippen molar-refractivity contribution in [3.8, 4) is 0 Å². The minimum atomic E-state index is -3.60. The van der Waals surface area contributed by atoms with Crippen LogP contribution >= 0.6 is 0 Å². The standard InChI is InChI=1S/C11H11F3N2O2/c1-15(9-5-3-2-4-6-9)10(18)16(14)11(13,7-12)8-17/h2-6,8H,7H2,1H3/t11-/m0/s1. The molecule has 0 N–H and O–H groups in total. The molecule has 0 saturated carbocycles. The van der Waals surface area contributed by atoms with Crippen LogP contribution in [0.15, 0.2) is 30.3 Å². The molecule has 7 heteroatoms. The van der Waals surface area contributed by atoms with Crippen molar-refractivity contribution < 1.29 is 22.9 Å². The Balaban J connectivity index is 2.91. The average Bonchev–Trinajstić information content (AvgIpc) is 2.44. The fourth-order valence-electron chi connectivity index (χ4n) is 1.18. The van der Waals surface area contributed by atoms with Gasteiger partial charge in [-0.05, 0) is 12.1 Å². The lowest BCUT2D eigenvalue weighted by Crippen LogP contribution is -2.51. The number of anilines is 1. The van der Waals surface area contributed by atoms with Crippen LogP contribution in [0.1, 0.15) is 0 Å². The molecule has 0 heterocycles.